The number of hydrogen-bond acceptors (Lipinski definition) is 10. The van der Waals surface area contributed by atoms with Crippen molar-refractivity contribution in [2.24, 2.45) is 0 Å². The lowest BCUT2D eigenvalue weighted by molar-refractivity contribution is -0.0635. The Bertz CT molecular complexity index is 1350. The molecule has 0 spiro atoms. The van der Waals surface area contributed by atoms with E-state index in [9.17, 15) is 5.26 Å². The summed E-state index contributed by atoms with van der Waals surface area (Å²) in [5.74, 6) is 0. The summed E-state index contributed by atoms with van der Waals surface area (Å²) in [4.78, 5) is 8.83. The van der Waals surface area contributed by atoms with Crippen molar-refractivity contribution in [1.29, 1.82) is 5.26 Å². The summed E-state index contributed by atoms with van der Waals surface area (Å²) in [5.41, 5.74) is 11.1. The molecule has 0 bridgehead atoms. The van der Waals surface area contributed by atoms with Crippen LogP contribution in [0.2, 0.25) is 5.02 Å². The molecular formula is C26H27ClN8O2. The first kappa shape index (κ1) is 23.8. The second kappa shape index (κ2) is 10.4. The number of benzene rings is 1. The molecule has 11 heteroatoms. The summed E-state index contributed by atoms with van der Waals surface area (Å²) in [7, 11) is 0. The zero-order valence-corrected chi connectivity index (χ0v) is 20.8. The maximum Gasteiger partial charge on any atom is 0.103 e. The number of hydrazine groups is 2. The van der Waals surface area contributed by atoms with Gasteiger partial charge in [-0.05, 0) is 36.6 Å². The van der Waals surface area contributed by atoms with Crippen LogP contribution in [-0.4, -0.2) is 53.5 Å². The Hall–Kier alpha value is -3.62. The van der Waals surface area contributed by atoms with Crippen LogP contribution in [0.1, 0.15) is 30.0 Å². The number of halogens is 1. The van der Waals surface area contributed by atoms with Gasteiger partial charge >= 0.3 is 0 Å². The average molecular weight is 519 g/mol. The van der Waals surface area contributed by atoms with Crippen LogP contribution in [0, 0.1) is 11.3 Å². The van der Waals surface area contributed by atoms with E-state index in [1.807, 2.05) is 41.7 Å². The van der Waals surface area contributed by atoms with Crippen molar-refractivity contribution in [3.05, 3.63) is 70.9 Å². The molecule has 2 aromatic heterocycles. The van der Waals surface area contributed by atoms with E-state index < -0.39 is 0 Å². The Morgan fingerprint density at radius 1 is 1.19 bits per heavy atom. The van der Waals surface area contributed by atoms with Crippen LogP contribution in [0.15, 0.2) is 54.8 Å². The molecule has 2 saturated heterocycles. The fourth-order valence-electron chi connectivity index (χ4n) is 4.75. The van der Waals surface area contributed by atoms with E-state index in [0.29, 0.717) is 42.5 Å². The van der Waals surface area contributed by atoms with Crippen molar-refractivity contribution < 1.29 is 9.47 Å². The van der Waals surface area contributed by atoms with Crippen LogP contribution in [0.3, 0.4) is 0 Å². The molecule has 5 heterocycles. The molecule has 0 aliphatic carbocycles. The minimum absolute atomic E-state index is 0.213. The second-order valence-corrected chi connectivity index (χ2v) is 9.73. The smallest absolute Gasteiger partial charge is 0.103 e. The number of nitrogens with zero attached hydrogens (tertiary/aromatic N) is 4. The number of fused-ring (bicyclic) bond motifs is 1. The van der Waals surface area contributed by atoms with E-state index in [0.717, 1.165) is 40.9 Å². The Labute approximate surface area is 219 Å². The normalized spacial score (nSPS) is 19.0. The van der Waals surface area contributed by atoms with Crippen LogP contribution in [0.4, 0.5) is 11.4 Å². The molecular weight excluding hydrogens is 492 g/mol. The summed E-state index contributed by atoms with van der Waals surface area (Å²) in [6.07, 6.45) is 8.97. The maximum atomic E-state index is 9.83. The molecule has 1 aromatic carbocycles. The average Bonchev–Trinajstić information content (AvgIpc) is 3.37. The van der Waals surface area contributed by atoms with Gasteiger partial charge in [-0.3, -0.25) is 15.0 Å². The van der Waals surface area contributed by atoms with Crippen LogP contribution >= 0.6 is 11.6 Å². The van der Waals surface area contributed by atoms with Gasteiger partial charge in [-0.1, -0.05) is 17.7 Å². The van der Waals surface area contributed by atoms with E-state index in [4.69, 9.17) is 21.1 Å². The lowest BCUT2D eigenvalue weighted by atomic mass is 10.0. The minimum atomic E-state index is -0.236. The monoisotopic (exact) mass is 518 g/mol. The van der Waals surface area contributed by atoms with E-state index >= 15 is 0 Å². The van der Waals surface area contributed by atoms with Crippen molar-refractivity contribution in [2.75, 3.05) is 37.1 Å². The Morgan fingerprint density at radius 2 is 2.05 bits per heavy atom. The molecule has 2 fully saturated rings. The van der Waals surface area contributed by atoms with E-state index in [1.54, 1.807) is 12.4 Å². The number of nitrogens with one attached hydrogen (secondary N) is 4. The molecule has 3 aliphatic rings. The number of hydrogen-bond donors (Lipinski definition) is 4. The van der Waals surface area contributed by atoms with Gasteiger partial charge in [0.25, 0.3) is 0 Å². The molecule has 1 atom stereocenters. The van der Waals surface area contributed by atoms with Crippen LogP contribution in [-0.2, 0) is 9.47 Å². The van der Waals surface area contributed by atoms with Crippen LogP contribution < -0.4 is 21.6 Å². The zero-order chi connectivity index (χ0) is 25.2. The van der Waals surface area contributed by atoms with Gasteiger partial charge < -0.3 is 25.5 Å². The predicted octanol–water partition coefficient (Wildman–Crippen LogP) is 3.46. The third-order valence-electron chi connectivity index (χ3n) is 6.88. The fraction of sp³-hybridized carbons (Fsp3) is 0.346. The fourth-order valence-corrected chi connectivity index (χ4v) is 5.02. The Balaban J connectivity index is 1.37. The summed E-state index contributed by atoms with van der Waals surface area (Å²) in [6, 6.07) is 10.3. The highest BCUT2D eigenvalue weighted by molar-refractivity contribution is 6.35. The summed E-state index contributed by atoms with van der Waals surface area (Å²) >= 11 is 6.74. The van der Waals surface area contributed by atoms with Crippen LogP contribution in [0.25, 0.3) is 10.9 Å². The van der Waals surface area contributed by atoms with E-state index in [2.05, 4.69) is 37.6 Å². The molecule has 37 heavy (non-hydrogen) atoms. The second-order valence-electron chi connectivity index (χ2n) is 9.33. The third-order valence-corrected chi connectivity index (χ3v) is 7.16. The Kier molecular flexibility index (Phi) is 6.68. The quantitative estimate of drug-likeness (QED) is 0.370. The number of rotatable bonds is 7. The lowest BCUT2D eigenvalue weighted by Crippen LogP contribution is -2.52. The zero-order valence-electron chi connectivity index (χ0n) is 20.1. The topological polar surface area (TPSA) is 119 Å². The van der Waals surface area contributed by atoms with Gasteiger partial charge in [0.2, 0.25) is 0 Å². The molecule has 4 N–H and O–H groups in total. The number of nitriles is 1. The molecule has 6 rings (SSSR count). The molecule has 0 saturated carbocycles. The molecule has 0 amide bonds. The highest BCUT2D eigenvalue weighted by atomic mass is 35.5. The number of anilines is 2. The van der Waals surface area contributed by atoms with Crippen LogP contribution in [0.5, 0.6) is 0 Å². The predicted molar refractivity (Wildman–Crippen MR) is 140 cm³/mol. The highest BCUT2D eigenvalue weighted by Crippen LogP contribution is 2.36. The first-order valence-corrected chi connectivity index (χ1v) is 12.7. The molecule has 0 radical (unpaired) electrons. The Morgan fingerprint density at radius 3 is 2.78 bits per heavy atom. The first-order valence-electron chi connectivity index (χ1n) is 12.3. The molecule has 3 aliphatic heterocycles. The molecule has 10 nitrogen and oxygen atoms in total. The highest BCUT2D eigenvalue weighted by Gasteiger charge is 2.30. The van der Waals surface area contributed by atoms with Gasteiger partial charge in [-0.2, -0.15) is 5.26 Å². The molecule has 190 valence electrons. The van der Waals surface area contributed by atoms with Crippen molar-refractivity contribution in [3.63, 3.8) is 0 Å². The summed E-state index contributed by atoms with van der Waals surface area (Å²) < 4.78 is 10.8. The number of pyridine rings is 2. The maximum absolute atomic E-state index is 9.83. The SMILES string of the molecule is N#Cc1cnc2c(Cl)cc(N[C@H](C3=CN(C4COC4)NN3)c3cccnc3)cc2c1NC1CCOCC1. The van der Waals surface area contributed by atoms with Gasteiger partial charge in [0.05, 0.1) is 52.8 Å². The van der Waals surface area contributed by atoms with Gasteiger partial charge in [0, 0.05) is 55.1 Å². The third kappa shape index (κ3) is 4.86. The van der Waals surface area contributed by atoms with Crippen molar-refractivity contribution in [3.8, 4) is 6.07 Å². The molecule has 0 unspecified atom stereocenters. The van der Waals surface area contributed by atoms with Gasteiger partial charge in [0.15, 0.2) is 0 Å². The van der Waals surface area contributed by atoms with E-state index in [1.165, 1.54) is 0 Å². The van der Waals surface area contributed by atoms with Crippen molar-refractivity contribution >= 4 is 33.9 Å². The summed E-state index contributed by atoms with van der Waals surface area (Å²) in [5, 5.41) is 20.4. The minimum Gasteiger partial charge on any atom is -0.381 e. The van der Waals surface area contributed by atoms with Gasteiger partial charge in [-0.25, -0.2) is 0 Å². The standard InChI is InChI=1S/C26H27ClN8O2/c27-22-9-19(8-21-24(17(10-28)12-30-26(21)22)31-18-3-6-36-7-4-18)32-25(16-2-1-5-29-11-16)23-13-35(34-33-23)20-14-37-15-20/h1-2,5,8-9,11-13,18,20,25,32-34H,3-4,6-7,14-15H2,(H,30,31)/t25-/m0/s1. The molecule has 3 aromatic rings. The first-order chi connectivity index (χ1) is 18.2. The van der Waals surface area contributed by atoms with Crippen molar-refractivity contribution in [1.82, 2.24) is 25.9 Å². The largest absolute Gasteiger partial charge is 0.381 e. The lowest BCUT2D eigenvalue weighted by Gasteiger charge is -2.33. The van der Waals surface area contributed by atoms with Gasteiger partial charge in [0.1, 0.15) is 6.07 Å². The van der Waals surface area contributed by atoms with Gasteiger partial charge in [-0.15, -0.1) is 5.53 Å². The summed E-state index contributed by atoms with van der Waals surface area (Å²) in [6.45, 7) is 2.76. The number of aromatic nitrogens is 2. The van der Waals surface area contributed by atoms with E-state index in [-0.39, 0.29) is 18.1 Å². The number of ether oxygens (including phenoxy) is 2. The van der Waals surface area contributed by atoms with Crippen molar-refractivity contribution in [2.45, 2.75) is 31.0 Å².